The van der Waals surface area contributed by atoms with E-state index in [-0.39, 0.29) is 13.0 Å². The number of unbranched alkanes of at least 4 members (excludes halogenated alkanes) is 15. The molecule has 1 unspecified atom stereocenters. The van der Waals surface area contributed by atoms with E-state index in [9.17, 15) is 9.59 Å². The lowest BCUT2D eigenvalue weighted by molar-refractivity contribution is -0.152. The fraction of sp³-hybridized carbons (Fsp3) is 0.786. The van der Waals surface area contributed by atoms with E-state index in [1.165, 1.54) is 96.0 Å². The van der Waals surface area contributed by atoms with Crippen molar-refractivity contribution in [2.24, 2.45) is 5.92 Å². The van der Waals surface area contributed by atoms with Crippen molar-refractivity contribution in [3.05, 3.63) is 24.8 Å². The summed E-state index contributed by atoms with van der Waals surface area (Å²) in [7, 11) is 0. The Labute approximate surface area is 197 Å². The molecule has 186 valence electrons. The maximum Gasteiger partial charge on any atom is 0.309 e. The summed E-state index contributed by atoms with van der Waals surface area (Å²) < 4.78 is 5.02. The summed E-state index contributed by atoms with van der Waals surface area (Å²) >= 11 is 0. The van der Waals surface area contributed by atoms with E-state index in [0.29, 0.717) is 6.42 Å². The standard InChI is InChI=1S/C28H50O4/c1-3-5-6-7-8-9-10-11-12-13-14-15-16-17-18-19-20-21-22-23-26(25-27(29)30)28(31)32-24-4-2/h4,10-11,26H,2-3,5-9,12-25H2,1H3,(H,29,30)/b11-10+. The van der Waals surface area contributed by atoms with E-state index in [1.807, 2.05) is 0 Å². The van der Waals surface area contributed by atoms with Crippen LogP contribution in [0.2, 0.25) is 0 Å². The largest absolute Gasteiger partial charge is 0.481 e. The van der Waals surface area contributed by atoms with Gasteiger partial charge in [0, 0.05) is 0 Å². The van der Waals surface area contributed by atoms with Crippen molar-refractivity contribution < 1.29 is 19.4 Å². The van der Waals surface area contributed by atoms with Crippen LogP contribution < -0.4 is 0 Å². The summed E-state index contributed by atoms with van der Waals surface area (Å²) in [6, 6.07) is 0. The van der Waals surface area contributed by atoms with Crippen LogP contribution in [0.5, 0.6) is 0 Å². The van der Waals surface area contributed by atoms with Gasteiger partial charge in [0.1, 0.15) is 6.61 Å². The second-order valence-corrected chi connectivity index (χ2v) is 9.00. The molecule has 0 aliphatic carbocycles. The van der Waals surface area contributed by atoms with Crippen LogP contribution in [0.1, 0.15) is 129 Å². The van der Waals surface area contributed by atoms with E-state index < -0.39 is 17.9 Å². The van der Waals surface area contributed by atoms with Gasteiger partial charge in [0.05, 0.1) is 12.3 Å². The van der Waals surface area contributed by atoms with Gasteiger partial charge in [-0.05, 0) is 32.1 Å². The lowest BCUT2D eigenvalue weighted by Gasteiger charge is -2.13. The minimum Gasteiger partial charge on any atom is -0.481 e. The van der Waals surface area contributed by atoms with E-state index in [1.54, 1.807) is 0 Å². The number of hydrogen-bond donors (Lipinski definition) is 1. The van der Waals surface area contributed by atoms with Gasteiger partial charge in [-0.15, -0.1) is 0 Å². The minimum atomic E-state index is -0.945. The molecule has 0 saturated carbocycles. The smallest absolute Gasteiger partial charge is 0.309 e. The molecule has 0 heterocycles. The molecule has 0 rings (SSSR count). The first kappa shape index (κ1) is 30.4. The van der Waals surface area contributed by atoms with Gasteiger partial charge in [-0.25, -0.2) is 0 Å². The van der Waals surface area contributed by atoms with Crippen molar-refractivity contribution in [3.63, 3.8) is 0 Å². The maximum atomic E-state index is 11.9. The Morgan fingerprint density at radius 2 is 1.25 bits per heavy atom. The number of ether oxygens (including phenoxy) is 1. The van der Waals surface area contributed by atoms with Crippen molar-refractivity contribution in [1.29, 1.82) is 0 Å². The summed E-state index contributed by atoms with van der Waals surface area (Å²) in [5, 5.41) is 8.99. The zero-order valence-corrected chi connectivity index (χ0v) is 20.8. The summed E-state index contributed by atoms with van der Waals surface area (Å²) in [6.45, 7) is 5.92. The molecule has 0 bridgehead atoms. The van der Waals surface area contributed by atoms with Gasteiger partial charge in [0.2, 0.25) is 0 Å². The van der Waals surface area contributed by atoms with Gasteiger partial charge in [-0.2, -0.15) is 0 Å². The number of esters is 1. The molecule has 0 fully saturated rings. The van der Waals surface area contributed by atoms with Crippen LogP contribution >= 0.6 is 0 Å². The van der Waals surface area contributed by atoms with Crippen molar-refractivity contribution in [1.82, 2.24) is 0 Å². The third-order valence-corrected chi connectivity index (χ3v) is 5.91. The van der Waals surface area contributed by atoms with Gasteiger partial charge in [0.25, 0.3) is 0 Å². The summed E-state index contributed by atoms with van der Waals surface area (Å²) in [4.78, 5) is 22.9. The van der Waals surface area contributed by atoms with Crippen molar-refractivity contribution in [3.8, 4) is 0 Å². The molecule has 0 saturated heterocycles. The Morgan fingerprint density at radius 1 is 0.781 bits per heavy atom. The van der Waals surface area contributed by atoms with Gasteiger partial charge in [-0.1, -0.05) is 115 Å². The molecule has 4 heteroatoms. The number of hydrogen-bond acceptors (Lipinski definition) is 3. The van der Waals surface area contributed by atoms with Crippen LogP contribution in [-0.2, 0) is 14.3 Å². The molecule has 0 radical (unpaired) electrons. The van der Waals surface area contributed by atoms with E-state index >= 15 is 0 Å². The molecule has 0 spiro atoms. The van der Waals surface area contributed by atoms with E-state index in [4.69, 9.17) is 9.84 Å². The summed E-state index contributed by atoms with van der Waals surface area (Å²) in [6.07, 6.45) is 28.3. The lowest BCUT2D eigenvalue weighted by atomic mass is 9.97. The van der Waals surface area contributed by atoms with Crippen molar-refractivity contribution >= 4 is 11.9 Å². The molecule has 1 N–H and O–H groups in total. The first-order chi connectivity index (χ1) is 15.6. The highest BCUT2D eigenvalue weighted by Crippen LogP contribution is 2.18. The highest BCUT2D eigenvalue weighted by molar-refractivity contribution is 5.79. The highest BCUT2D eigenvalue weighted by Gasteiger charge is 2.22. The predicted octanol–water partition coefficient (Wildman–Crippen LogP) is 8.40. The predicted molar refractivity (Wildman–Crippen MR) is 135 cm³/mol. The zero-order chi connectivity index (χ0) is 23.7. The quantitative estimate of drug-likeness (QED) is 0.0910. The van der Waals surface area contributed by atoms with Crippen LogP contribution in [0.25, 0.3) is 0 Å². The number of carbonyl (C=O) groups is 2. The van der Waals surface area contributed by atoms with E-state index in [2.05, 4.69) is 25.7 Å². The Kier molecular flexibility index (Phi) is 22.9. The van der Waals surface area contributed by atoms with Crippen LogP contribution in [-0.4, -0.2) is 23.7 Å². The first-order valence-corrected chi connectivity index (χ1v) is 13.3. The molecule has 0 aromatic heterocycles. The maximum absolute atomic E-state index is 11.9. The van der Waals surface area contributed by atoms with Gasteiger partial charge in [-0.3, -0.25) is 9.59 Å². The Balaban J connectivity index is 3.47. The number of allylic oxidation sites excluding steroid dienone is 2. The highest BCUT2D eigenvalue weighted by atomic mass is 16.5. The third-order valence-electron chi connectivity index (χ3n) is 5.91. The second kappa shape index (κ2) is 24.1. The molecule has 4 nitrogen and oxygen atoms in total. The van der Waals surface area contributed by atoms with E-state index in [0.717, 1.165) is 19.3 Å². The second-order valence-electron chi connectivity index (χ2n) is 9.00. The number of aliphatic carboxylic acids is 1. The zero-order valence-electron chi connectivity index (χ0n) is 20.8. The summed E-state index contributed by atoms with van der Waals surface area (Å²) in [5.41, 5.74) is 0. The molecule has 1 atom stereocenters. The molecule has 0 aromatic rings. The van der Waals surface area contributed by atoms with Gasteiger partial charge in [0.15, 0.2) is 0 Å². The topological polar surface area (TPSA) is 63.6 Å². The fourth-order valence-electron chi connectivity index (χ4n) is 3.94. The molecular formula is C28H50O4. The average molecular weight is 451 g/mol. The molecule has 0 aromatic carbocycles. The Bertz CT molecular complexity index is 484. The van der Waals surface area contributed by atoms with Crippen LogP contribution in [0.15, 0.2) is 24.8 Å². The van der Waals surface area contributed by atoms with Crippen molar-refractivity contribution in [2.75, 3.05) is 6.61 Å². The average Bonchev–Trinajstić information content (AvgIpc) is 2.77. The molecule has 0 aliphatic rings. The monoisotopic (exact) mass is 450 g/mol. The minimum absolute atomic E-state index is 0.144. The Hall–Kier alpha value is -1.58. The number of carboxylic acid groups (broad SMARTS) is 1. The number of carboxylic acids is 1. The molecule has 0 amide bonds. The molecular weight excluding hydrogens is 400 g/mol. The van der Waals surface area contributed by atoms with Crippen LogP contribution in [0.3, 0.4) is 0 Å². The molecule has 0 aliphatic heterocycles. The van der Waals surface area contributed by atoms with Crippen molar-refractivity contribution in [2.45, 2.75) is 129 Å². The number of rotatable bonds is 24. The first-order valence-electron chi connectivity index (χ1n) is 13.3. The van der Waals surface area contributed by atoms with Gasteiger partial charge < -0.3 is 9.84 Å². The summed E-state index contributed by atoms with van der Waals surface area (Å²) in [5.74, 6) is -1.89. The number of carbonyl (C=O) groups excluding carboxylic acids is 1. The van der Waals surface area contributed by atoms with Crippen LogP contribution in [0, 0.1) is 5.92 Å². The fourth-order valence-corrected chi connectivity index (χ4v) is 3.94. The van der Waals surface area contributed by atoms with Crippen LogP contribution in [0.4, 0.5) is 0 Å². The van der Waals surface area contributed by atoms with Gasteiger partial charge >= 0.3 is 11.9 Å². The lowest BCUT2D eigenvalue weighted by Crippen LogP contribution is -2.21. The Morgan fingerprint density at radius 3 is 1.72 bits per heavy atom. The third kappa shape index (κ3) is 21.6. The normalized spacial score (nSPS) is 12.2. The SMILES string of the molecule is C=CCOC(=O)C(CCCCCCCCCCCC/C=C/CCCCCCC)CC(=O)O. The molecule has 32 heavy (non-hydrogen) atoms.